The summed E-state index contributed by atoms with van der Waals surface area (Å²) in [6, 6.07) is 18.6. The van der Waals surface area contributed by atoms with Gasteiger partial charge in [0.05, 0.1) is 0 Å². The molecule has 0 saturated carbocycles. The Morgan fingerprint density at radius 1 is 0.722 bits per heavy atom. The maximum atomic E-state index is 11.7. The van der Waals surface area contributed by atoms with Crippen LogP contribution in [0.2, 0.25) is 0 Å². The van der Waals surface area contributed by atoms with Gasteiger partial charge in [-0.1, -0.05) is 6.07 Å². The van der Waals surface area contributed by atoms with Crippen LogP contribution in [0.25, 0.3) is 0 Å². The van der Waals surface area contributed by atoms with Gasteiger partial charge in [0.1, 0.15) is 17.4 Å². The predicted octanol–water partition coefficient (Wildman–Crippen LogP) is 0.331. The first-order valence-corrected chi connectivity index (χ1v) is 11.0. The van der Waals surface area contributed by atoms with E-state index in [0.717, 1.165) is 0 Å². The lowest BCUT2D eigenvalue weighted by atomic mass is 10.3. The van der Waals surface area contributed by atoms with Gasteiger partial charge in [-0.25, -0.2) is 4.79 Å². The third-order valence-electron chi connectivity index (χ3n) is 4.01. The molecule has 0 unspecified atom stereocenters. The van der Waals surface area contributed by atoms with Gasteiger partial charge in [-0.15, -0.1) is 11.6 Å². The number of ether oxygens (including phenoxy) is 2. The summed E-state index contributed by atoms with van der Waals surface area (Å²) in [5.41, 5.74) is 1.31. The molecule has 3 rings (SSSR count). The number of rotatable bonds is 7. The molecule has 9 nitrogen and oxygen atoms in total. The molecule has 11 heteroatoms. The molecular formula is C25H25Cl2N3O6. The van der Waals surface area contributed by atoms with E-state index in [-0.39, 0.29) is 42.6 Å². The highest BCUT2D eigenvalue weighted by Gasteiger charge is 2.11. The third-order valence-corrected chi connectivity index (χ3v) is 4.23. The number of anilines is 2. The predicted molar refractivity (Wildman–Crippen MR) is 130 cm³/mol. The zero-order chi connectivity index (χ0) is 25.6. The van der Waals surface area contributed by atoms with Crippen LogP contribution in [0.1, 0.15) is 13.8 Å². The van der Waals surface area contributed by atoms with Gasteiger partial charge in [-0.2, -0.15) is 4.57 Å². The van der Waals surface area contributed by atoms with Crippen LogP contribution < -0.4 is 37.1 Å². The van der Waals surface area contributed by atoms with Crippen LogP contribution in [0.4, 0.5) is 11.4 Å². The molecule has 0 saturated heterocycles. The molecule has 190 valence electrons. The standard InChI is InChI=1S/C15H14N2O3.C10H10ClNO3.ClH/c1-12(18)16-13-5-7-14(8-6-13)20-15(19)11-17-9-3-2-4-10-17;1-7(13)12-8-2-4-9(5-3-8)15-10(14)6-11;/h2-10H,11H2,1H3;2-5H,6H2,1H3,(H,12,13);1H. The van der Waals surface area contributed by atoms with Crippen LogP contribution in [0.3, 0.4) is 0 Å². The minimum absolute atomic E-state index is 0. The van der Waals surface area contributed by atoms with Crippen LogP contribution >= 0.6 is 11.6 Å². The zero-order valence-electron chi connectivity index (χ0n) is 19.6. The van der Waals surface area contributed by atoms with Crippen molar-refractivity contribution in [2.45, 2.75) is 20.4 Å². The maximum Gasteiger partial charge on any atom is 0.378 e. The summed E-state index contributed by atoms with van der Waals surface area (Å²) in [6.07, 6.45) is 3.59. The lowest BCUT2D eigenvalue weighted by molar-refractivity contribution is -0.685. The van der Waals surface area contributed by atoms with Crippen LogP contribution in [0.5, 0.6) is 11.5 Å². The number of aromatic nitrogens is 1. The highest BCUT2D eigenvalue weighted by molar-refractivity contribution is 6.26. The number of halogens is 2. The fraction of sp³-hybridized carbons (Fsp3) is 0.160. The fourth-order valence-corrected chi connectivity index (χ4v) is 2.68. The number of hydrogen-bond donors (Lipinski definition) is 2. The summed E-state index contributed by atoms with van der Waals surface area (Å²) in [5, 5.41) is 5.24. The first-order valence-electron chi connectivity index (χ1n) is 10.4. The van der Waals surface area contributed by atoms with E-state index in [1.54, 1.807) is 65.5 Å². The van der Waals surface area contributed by atoms with Gasteiger partial charge in [-0.05, 0) is 48.5 Å². The van der Waals surface area contributed by atoms with Crippen LogP contribution in [-0.4, -0.2) is 29.6 Å². The summed E-state index contributed by atoms with van der Waals surface area (Å²) >= 11 is 5.27. The average molecular weight is 534 g/mol. The van der Waals surface area contributed by atoms with E-state index in [9.17, 15) is 19.2 Å². The highest BCUT2D eigenvalue weighted by atomic mass is 35.5. The Kier molecular flexibility index (Phi) is 13.2. The monoisotopic (exact) mass is 533 g/mol. The lowest BCUT2D eigenvalue weighted by Crippen LogP contribution is -3.00. The first kappa shape index (κ1) is 30.1. The maximum absolute atomic E-state index is 11.7. The molecule has 0 fully saturated rings. The quantitative estimate of drug-likeness (QED) is 0.196. The molecule has 0 aliphatic heterocycles. The second kappa shape index (κ2) is 15.9. The largest absolute Gasteiger partial charge is 1.00 e. The van der Waals surface area contributed by atoms with Gasteiger partial charge in [-0.3, -0.25) is 14.4 Å². The Bertz CT molecular complexity index is 1140. The van der Waals surface area contributed by atoms with Gasteiger partial charge in [0, 0.05) is 37.4 Å². The van der Waals surface area contributed by atoms with E-state index in [0.29, 0.717) is 22.9 Å². The van der Waals surface area contributed by atoms with Crippen LogP contribution in [-0.2, 0) is 25.7 Å². The zero-order valence-corrected chi connectivity index (χ0v) is 21.1. The highest BCUT2D eigenvalue weighted by Crippen LogP contribution is 2.16. The summed E-state index contributed by atoms with van der Waals surface area (Å²) in [6.45, 7) is 3.00. The Morgan fingerprint density at radius 3 is 1.53 bits per heavy atom. The molecular weight excluding hydrogens is 509 g/mol. The number of pyridine rings is 1. The topological polar surface area (TPSA) is 115 Å². The van der Waals surface area contributed by atoms with E-state index in [4.69, 9.17) is 21.1 Å². The third kappa shape index (κ3) is 12.0. The number of alkyl halides is 1. The lowest BCUT2D eigenvalue weighted by Gasteiger charge is -2.04. The van der Waals surface area contributed by atoms with Gasteiger partial charge in [0.15, 0.2) is 12.4 Å². The number of esters is 2. The number of nitrogens with one attached hydrogen (secondary N) is 2. The van der Waals surface area contributed by atoms with Gasteiger partial charge >= 0.3 is 11.9 Å². The average Bonchev–Trinajstić information content (AvgIpc) is 2.82. The summed E-state index contributed by atoms with van der Waals surface area (Å²) < 4.78 is 11.8. The summed E-state index contributed by atoms with van der Waals surface area (Å²) in [5.74, 6) is -0.503. The minimum atomic E-state index is -0.510. The molecule has 1 heterocycles. The van der Waals surface area contributed by atoms with Crippen molar-refractivity contribution in [1.82, 2.24) is 0 Å². The van der Waals surface area contributed by atoms with E-state index in [1.165, 1.54) is 13.8 Å². The van der Waals surface area contributed by atoms with Crippen LogP contribution in [0, 0.1) is 0 Å². The molecule has 0 aliphatic rings. The van der Waals surface area contributed by atoms with Crippen molar-refractivity contribution < 1.29 is 45.6 Å². The number of carbonyl (C=O) groups is 4. The van der Waals surface area contributed by atoms with Crippen molar-refractivity contribution in [3.8, 4) is 11.5 Å². The van der Waals surface area contributed by atoms with Crippen molar-refractivity contribution in [3.63, 3.8) is 0 Å². The molecule has 3 aromatic rings. The van der Waals surface area contributed by atoms with Crippen molar-refractivity contribution in [2.24, 2.45) is 0 Å². The second-order valence-electron chi connectivity index (χ2n) is 7.04. The normalized spacial score (nSPS) is 9.42. The summed E-state index contributed by atoms with van der Waals surface area (Å²) in [7, 11) is 0. The van der Waals surface area contributed by atoms with Crippen LogP contribution in [0.15, 0.2) is 79.1 Å². The van der Waals surface area contributed by atoms with Crippen molar-refractivity contribution >= 4 is 46.7 Å². The van der Waals surface area contributed by atoms with Crippen molar-refractivity contribution in [2.75, 3.05) is 16.5 Å². The van der Waals surface area contributed by atoms with Gasteiger partial charge < -0.3 is 32.5 Å². The Hall–Kier alpha value is -3.95. The number of amides is 2. The number of nitrogens with zero attached hydrogens (tertiary/aromatic N) is 1. The van der Waals surface area contributed by atoms with Crippen molar-refractivity contribution in [1.29, 1.82) is 0 Å². The molecule has 2 N–H and O–H groups in total. The molecule has 0 aliphatic carbocycles. The van der Waals surface area contributed by atoms with E-state index >= 15 is 0 Å². The van der Waals surface area contributed by atoms with Crippen molar-refractivity contribution in [3.05, 3.63) is 79.1 Å². The van der Waals surface area contributed by atoms with E-state index in [2.05, 4.69) is 10.6 Å². The smallest absolute Gasteiger partial charge is 0.378 e. The molecule has 0 radical (unpaired) electrons. The minimum Gasteiger partial charge on any atom is -1.00 e. The summed E-state index contributed by atoms with van der Waals surface area (Å²) in [4.78, 5) is 44.1. The Morgan fingerprint density at radius 2 is 1.14 bits per heavy atom. The van der Waals surface area contributed by atoms with Gasteiger partial charge in [0.25, 0.3) is 0 Å². The molecule has 36 heavy (non-hydrogen) atoms. The van der Waals surface area contributed by atoms with Gasteiger partial charge in [0.2, 0.25) is 18.4 Å². The number of carbonyl (C=O) groups excluding carboxylic acids is 4. The number of benzene rings is 2. The Labute approximate surface area is 219 Å². The first-order chi connectivity index (χ1) is 16.7. The van der Waals surface area contributed by atoms with E-state index < -0.39 is 5.97 Å². The molecule has 1 aromatic heterocycles. The van der Waals surface area contributed by atoms with E-state index in [1.807, 2.05) is 18.2 Å². The molecule has 0 atom stereocenters. The molecule has 0 spiro atoms. The Balaban J connectivity index is 0.000000365. The second-order valence-corrected chi connectivity index (χ2v) is 7.31. The molecule has 2 aromatic carbocycles. The molecule has 2 amide bonds. The SMILES string of the molecule is CC(=O)Nc1ccc(OC(=O)CCl)cc1.CC(=O)Nc1ccc(OC(=O)C[n+]2ccccc2)cc1.[Cl-]. The fourth-order valence-electron chi connectivity index (χ4n) is 2.63. The number of hydrogen-bond acceptors (Lipinski definition) is 6. The molecule has 0 bridgehead atoms.